The highest BCUT2D eigenvalue weighted by molar-refractivity contribution is 6.03. The Morgan fingerprint density at radius 1 is 1.07 bits per heavy atom. The zero-order valence-corrected chi connectivity index (χ0v) is 16.4. The fourth-order valence-corrected chi connectivity index (χ4v) is 4.39. The summed E-state index contributed by atoms with van der Waals surface area (Å²) in [6.07, 6.45) is 4.20. The lowest BCUT2D eigenvalue weighted by Crippen LogP contribution is -2.34. The largest absolute Gasteiger partial charge is 0.448 e. The molecule has 2 aromatic rings. The highest BCUT2D eigenvalue weighted by atomic mass is 16.7. The van der Waals surface area contributed by atoms with Crippen LogP contribution in [-0.2, 0) is 9.59 Å². The maximum atomic E-state index is 12.8. The number of nitrogens with one attached hydrogen (secondary N) is 1. The number of benzene rings is 2. The summed E-state index contributed by atoms with van der Waals surface area (Å²) in [5, 5.41) is 2.94. The van der Waals surface area contributed by atoms with Crippen molar-refractivity contribution in [3.05, 3.63) is 48.0 Å². The summed E-state index contributed by atoms with van der Waals surface area (Å²) in [5.74, 6) is 0.331. The molecule has 2 heterocycles. The second kappa shape index (κ2) is 6.79. The lowest BCUT2D eigenvalue weighted by molar-refractivity contribution is -0.122. The summed E-state index contributed by atoms with van der Waals surface area (Å²) >= 11 is 0. The van der Waals surface area contributed by atoms with Crippen LogP contribution in [0, 0.1) is 12.8 Å². The summed E-state index contributed by atoms with van der Waals surface area (Å²) in [4.78, 5) is 26.9. The quantitative estimate of drug-likeness (QED) is 0.856. The van der Waals surface area contributed by atoms with E-state index in [4.69, 9.17) is 9.47 Å². The molecule has 2 fully saturated rings. The van der Waals surface area contributed by atoms with Gasteiger partial charge < -0.3 is 19.7 Å². The standard InChI is InChI=1S/C23H24N2O4/c1-15-4-7-18(8-5-15)25-14-16(12-21(25)26)22(27)24-17-6-9-19-20(13-17)29-23(28-19)10-2-3-11-23/h4-9,13,16H,2-3,10-12,14H2,1H3,(H,24,27). The smallest absolute Gasteiger partial charge is 0.251 e. The molecule has 0 bridgehead atoms. The molecule has 6 heteroatoms. The molecule has 1 saturated heterocycles. The third-order valence-electron chi connectivity index (χ3n) is 6.01. The molecule has 2 amide bonds. The molecule has 150 valence electrons. The van der Waals surface area contributed by atoms with Gasteiger partial charge in [0.25, 0.3) is 5.79 Å². The van der Waals surface area contributed by atoms with E-state index >= 15 is 0 Å². The molecule has 0 aromatic heterocycles. The van der Waals surface area contributed by atoms with E-state index in [2.05, 4.69) is 5.32 Å². The number of nitrogens with zero attached hydrogens (tertiary/aromatic N) is 1. The van der Waals surface area contributed by atoms with Crippen LogP contribution in [0.1, 0.15) is 37.7 Å². The van der Waals surface area contributed by atoms with E-state index in [1.54, 1.807) is 4.90 Å². The molecule has 3 aliphatic rings. The van der Waals surface area contributed by atoms with Crippen LogP contribution in [0.25, 0.3) is 0 Å². The van der Waals surface area contributed by atoms with Gasteiger partial charge in [-0.2, -0.15) is 0 Å². The normalized spacial score (nSPS) is 21.8. The van der Waals surface area contributed by atoms with E-state index in [0.29, 0.717) is 18.0 Å². The molecule has 1 unspecified atom stereocenters. The zero-order chi connectivity index (χ0) is 20.0. The van der Waals surface area contributed by atoms with Gasteiger partial charge in [-0.25, -0.2) is 0 Å². The van der Waals surface area contributed by atoms with Gasteiger partial charge in [0.2, 0.25) is 11.8 Å². The fourth-order valence-electron chi connectivity index (χ4n) is 4.39. The van der Waals surface area contributed by atoms with Crippen LogP contribution in [0.15, 0.2) is 42.5 Å². The Morgan fingerprint density at radius 2 is 1.79 bits per heavy atom. The maximum absolute atomic E-state index is 12.8. The molecule has 2 aliphatic heterocycles. The van der Waals surface area contributed by atoms with E-state index in [1.165, 1.54) is 0 Å². The molecule has 1 spiro atoms. The first-order chi connectivity index (χ1) is 14.0. The van der Waals surface area contributed by atoms with Gasteiger partial charge in [0, 0.05) is 43.2 Å². The van der Waals surface area contributed by atoms with Crippen molar-refractivity contribution in [1.82, 2.24) is 0 Å². The number of aryl methyl sites for hydroxylation is 1. The van der Waals surface area contributed by atoms with E-state index in [1.807, 2.05) is 49.4 Å². The summed E-state index contributed by atoms with van der Waals surface area (Å²) in [5.41, 5.74) is 2.63. The summed E-state index contributed by atoms with van der Waals surface area (Å²) in [7, 11) is 0. The Hall–Kier alpha value is -3.02. The topological polar surface area (TPSA) is 67.9 Å². The molecule has 0 radical (unpaired) electrons. The first-order valence-electron chi connectivity index (χ1n) is 10.2. The molecule has 1 aliphatic carbocycles. The molecule has 5 rings (SSSR count). The molecule has 29 heavy (non-hydrogen) atoms. The predicted molar refractivity (Wildman–Crippen MR) is 109 cm³/mol. The Morgan fingerprint density at radius 3 is 2.55 bits per heavy atom. The second-order valence-corrected chi connectivity index (χ2v) is 8.21. The number of rotatable bonds is 3. The van der Waals surface area contributed by atoms with Crippen LogP contribution in [0.2, 0.25) is 0 Å². The number of carbonyl (C=O) groups is 2. The van der Waals surface area contributed by atoms with Crippen LogP contribution in [0.4, 0.5) is 11.4 Å². The molecular weight excluding hydrogens is 368 g/mol. The number of amides is 2. The van der Waals surface area contributed by atoms with Crippen molar-refractivity contribution in [2.75, 3.05) is 16.8 Å². The van der Waals surface area contributed by atoms with Crippen LogP contribution in [-0.4, -0.2) is 24.1 Å². The number of hydrogen-bond donors (Lipinski definition) is 1. The van der Waals surface area contributed by atoms with Gasteiger partial charge in [-0.15, -0.1) is 0 Å². The van der Waals surface area contributed by atoms with E-state index < -0.39 is 5.79 Å². The molecule has 1 saturated carbocycles. The monoisotopic (exact) mass is 392 g/mol. The van der Waals surface area contributed by atoms with Gasteiger partial charge >= 0.3 is 0 Å². The van der Waals surface area contributed by atoms with Gasteiger partial charge in [-0.05, 0) is 44.0 Å². The van der Waals surface area contributed by atoms with Crippen LogP contribution < -0.4 is 19.7 Å². The minimum absolute atomic E-state index is 0.0251. The van der Waals surface area contributed by atoms with Crippen molar-refractivity contribution < 1.29 is 19.1 Å². The van der Waals surface area contributed by atoms with Crippen molar-refractivity contribution in [2.24, 2.45) is 5.92 Å². The van der Waals surface area contributed by atoms with Gasteiger partial charge in [0.05, 0.1) is 5.92 Å². The molecule has 1 atom stereocenters. The lowest BCUT2D eigenvalue weighted by atomic mass is 10.1. The van der Waals surface area contributed by atoms with Gasteiger partial charge in [-0.1, -0.05) is 17.7 Å². The van der Waals surface area contributed by atoms with Crippen LogP contribution in [0.5, 0.6) is 11.5 Å². The Bertz CT molecular complexity index is 963. The fraction of sp³-hybridized carbons (Fsp3) is 0.391. The first-order valence-corrected chi connectivity index (χ1v) is 10.2. The van der Waals surface area contributed by atoms with Crippen molar-refractivity contribution in [3.8, 4) is 11.5 Å². The average Bonchev–Trinajstić information content (AvgIpc) is 3.41. The van der Waals surface area contributed by atoms with Crippen molar-refractivity contribution >= 4 is 23.2 Å². The molecular formula is C23H24N2O4. The summed E-state index contributed by atoms with van der Waals surface area (Å²) < 4.78 is 12.1. The average molecular weight is 392 g/mol. The van der Waals surface area contributed by atoms with Crippen molar-refractivity contribution in [2.45, 2.75) is 44.8 Å². The molecule has 2 aromatic carbocycles. The third-order valence-corrected chi connectivity index (χ3v) is 6.01. The minimum atomic E-state index is -0.516. The van der Waals surface area contributed by atoms with Crippen LogP contribution in [0.3, 0.4) is 0 Å². The van der Waals surface area contributed by atoms with Gasteiger partial charge in [0.1, 0.15) is 0 Å². The second-order valence-electron chi connectivity index (χ2n) is 8.21. The van der Waals surface area contributed by atoms with Crippen LogP contribution >= 0.6 is 0 Å². The Balaban J connectivity index is 1.26. The van der Waals surface area contributed by atoms with Crippen molar-refractivity contribution in [3.63, 3.8) is 0 Å². The number of carbonyl (C=O) groups excluding carboxylic acids is 2. The summed E-state index contributed by atoms with van der Waals surface area (Å²) in [6.45, 7) is 2.40. The summed E-state index contributed by atoms with van der Waals surface area (Å²) in [6, 6.07) is 13.3. The SMILES string of the molecule is Cc1ccc(N2CC(C(=O)Nc3ccc4c(c3)OC3(CCCC3)O4)CC2=O)cc1. The Kier molecular flexibility index (Phi) is 4.23. The number of hydrogen-bond acceptors (Lipinski definition) is 4. The lowest BCUT2D eigenvalue weighted by Gasteiger charge is -2.21. The minimum Gasteiger partial charge on any atom is -0.448 e. The van der Waals surface area contributed by atoms with Gasteiger partial charge in [-0.3, -0.25) is 9.59 Å². The van der Waals surface area contributed by atoms with Crippen molar-refractivity contribution in [1.29, 1.82) is 0 Å². The predicted octanol–water partition coefficient (Wildman–Crippen LogP) is 4.03. The number of ether oxygens (including phenoxy) is 2. The highest BCUT2D eigenvalue weighted by Crippen LogP contribution is 2.47. The highest BCUT2D eigenvalue weighted by Gasteiger charge is 2.44. The van der Waals surface area contributed by atoms with E-state index in [9.17, 15) is 9.59 Å². The first kappa shape index (κ1) is 18.0. The zero-order valence-electron chi connectivity index (χ0n) is 16.4. The van der Waals surface area contributed by atoms with E-state index in [0.717, 1.165) is 42.7 Å². The number of fused-ring (bicyclic) bond motifs is 1. The maximum Gasteiger partial charge on any atom is 0.251 e. The third kappa shape index (κ3) is 3.33. The molecule has 6 nitrogen and oxygen atoms in total. The Labute approximate surface area is 169 Å². The number of anilines is 2. The molecule has 1 N–H and O–H groups in total. The van der Waals surface area contributed by atoms with Gasteiger partial charge in [0.15, 0.2) is 11.5 Å². The van der Waals surface area contributed by atoms with E-state index in [-0.39, 0.29) is 24.2 Å².